The van der Waals surface area contributed by atoms with Crippen molar-refractivity contribution in [2.45, 2.75) is 19.3 Å². The summed E-state index contributed by atoms with van der Waals surface area (Å²) in [6.07, 6.45) is 2.50. The Balaban J connectivity index is 1.99. The van der Waals surface area contributed by atoms with Gasteiger partial charge in [-0.15, -0.1) is 11.3 Å². The first-order valence-electron chi connectivity index (χ1n) is 5.23. The van der Waals surface area contributed by atoms with E-state index in [2.05, 4.69) is 0 Å². The van der Waals surface area contributed by atoms with Gasteiger partial charge in [0.25, 0.3) is 0 Å². The summed E-state index contributed by atoms with van der Waals surface area (Å²) in [7, 11) is 0. The topological polar surface area (TPSA) is 37.4 Å². The molecule has 0 unspecified atom stereocenters. The lowest BCUT2D eigenvalue weighted by atomic mass is 10.1. The monoisotopic (exact) mass is 257 g/mol. The van der Waals surface area contributed by atoms with Gasteiger partial charge < -0.3 is 4.90 Å². The van der Waals surface area contributed by atoms with Crippen molar-refractivity contribution in [2.24, 2.45) is 0 Å². The first-order valence-corrected chi connectivity index (χ1v) is 6.42. The van der Waals surface area contributed by atoms with E-state index in [1.807, 2.05) is 0 Å². The molecule has 1 aliphatic rings. The van der Waals surface area contributed by atoms with E-state index in [0.717, 1.165) is 12.8 Å². The Morgan fingerprint density at radius 2 is 2.25 bits per heavy atom. The Hall–Kier alpha value is -0.870. The van der Waals surface area contributed by atoms with Gasteiger partial charge >= 0.3 is 0 Å². The second-order valence-electron chi connectivity index (χ2n) is 3.80. The van der Waals surface area contributed by atoms with Crippen LogP contribution in [0.25, 0.3) is 0 Å². The second-order valence-corrected chi connectivity index (χ2v) is 5.51. The number of amides is 1. The fourth-order valence-corrected chi connectivity index (χ4v) is 2.72. The molecule has 1 saturated heterocycles. The number of hydrogen-bond donors (Lipinski definition) is 0. The average molecular weight is 258 g/mol. The quantitative estimate of drug-likeness (QED) is 0.781. The van der Waals surface area contributed by atoms with Crippen LogP contribution in [-0.4, -0.2) is 29.7 Å². The molecule has 0 radical (unpaired) electrons. The van der Waals surface area contributed by atoms with E-state index in [1.165, 1.54) is 11.3 Å². The molecule has 16 heavy (non-hydrogen) atoms. The van der Waals surface area contributed by atoms with Crippen LogP contribution in [0.3, 0.4) is 0 Å². The third-order valence-corrected chi connectivity index (χ3v) is 3.88. The number of rotatable bonds is 3. The van der Waals surface area contributed by atoms with Gasteiger partial charge in [-0.3, -0.25) is 9.59 Å². The Labute approximate surface area is 103 Å². The first kappa shape index (κ1) is 11.6. The number of halogens is 1. The zero-order valence-corrected chi connectivity index (χ0v) is 10.3. The van der Waals surface area contributed by atoms with E-state index < -0.39 is 0 Å². The molecular formula is C11H12ClNO2S. The highest BCUT2D eigenvalue weighted by molar-refractivity contribution is 7.18. The highest BCUT2D eigenvalue weighted by Crippen LogP contribution is 2.22. The van der Waals surface area contributed by atoms with E-state index in [-0.39, 0.29) is 18.2 Å². The largest absolute Gasteiger partial charge is 0.335 e. The molecule has 0 aromatic carbocycles. The van der Waals surface area contributed by atoms with Crippen LogP contribution in [0.5, 0.6) is 0 Å². The Morgan fingerprint density at radius 3 is 2.88 bits per heavy atom. The molecule has 0 bridgehead atoms. The van der Waals surface area contributed by atoms with Gasteiger partial charge in [-0.05, 0) is 25.0 Å². The van der Waals surface area contributed by atoms with E-state index >= 15 is 0 Å². The zero-order chi connectivity index (χ0) is 11.5. The summed E-state index contributed by atoms with van der Waals surface area (Å²) in [6.45, 7) is 0.888. The molecular weight excluding hydrogens is 246 g/mol. The van der Waals surface area contributed by atoms with Crippen molar-refractivity contribution in [2.75, 3.05) is 13.1 Å². The molecule has 0 spiro atoms. The molecule has 1 aromatic heterocycles. The van der Waals surface area contributed by atoms with Crippen molar-refractivity contribution in [1.29, 1.82) is 0 Å². The fraction of sp³-hybridized carbons (Fsp3) is 0.455. The molecule has 1 fully saturated rings. The minimum atomic E-state index is -0.0212. The zero-order valence-electron chi connectivity index (χ0n) is 8.74. The van der Waals surface area contributed by atoms with Crippen LogP contribution in [0.2, 0.25) is 4.34 Å². The number of ketones is 1. The summed E-state index contributed by atoms with van der Waals surface area (Å²) in [5, 5.41) is 0. The van der Waals surface area contributed by atoms with E-state index in [9.17, 15) is 9.59 Å². The van der Waals surface area contributed by atoms with Crippen molar-refractivity contribution in [1.82, 2.24) is 4.90 Å². The van der Waals surface area contributed by atoms with Crippen LogP contribution in [0, 0.1) is 0 Å². The predicted molar refractivity (Wildman–Crippen MR) is 64.1 cm³/mol. The average Bonchev–Trinajstić information content (AvgIpc) is 2.68. The van der Waals surface area contributed by atoms with Gasteiger partial charge in [0.05, 0.1) is 15.8 Å². The van der Waals surface area contributed by atoms with Crippen LogP contribution in [0.4, 0.5) is 0 Å². The third kappa shape index (κ3) is 2.62. The van der Waals surface area contributed by atoms with Crippen LogP contribution in [0.1, 0.15) is 28.9 Å². The summed E-state index contributed by atoms with van der Waals surface area (Å²) in [4.78, 5) is 25.6. The van der Waals surface area contributed by atoms with Gasteiger partial charge in [-0.2, -0.15) is 0 Å². The van der Waals surface area contributed by atoms with Crippen molar-refractivity contribution in [3.63, 3.8) is 0 Å². The molecule has 2 rings (SSSR count). The van der Waals surface area contributed by atoms with Gasteiger partial charge in [0, 0.05) is 13.0 Å². The van der Waals surface area contributed by atoms with Gasteiger partial charge in [0.2, 0.25) is 5.91 Å². The minimum absolute atomic E-state index is 0.0212. The molecule has 0 atom stereocenters. The molecule has 1 aliphatic heterocycles. The molecule has 0 N–H and O–H groups in total. The van der Waals surface area contributed by atoms with Gasteiger partial charge in [-0.1, -0.05) is 11.6 Å². The molecule has 1 amide bonds. The standard InChI is InChI=1S/C11H12ClNO2S/c12-10-5-4-9(16-10)8(14)7-13-6-2-1-3-11(13)15/h4-5H,1-3,6-7H2. The number of carbonyl (C=O) groups excluding carboxylic acids is 2. The van der Waals surface area contributed by atoms with Crippen LogP contribution >= 0.6 is 22.9 Å². The van der Waals surface area contributed by atoms with Crippen molar-refractivity contribution < 1.29 is 9.59 Å². The van der Waals surface area contributed by atoms with E-state index in [4.69, 9.17) is 11.6 Å². The number of hydrogen-bond acceptors (Lipinski definition) is 3. The number of carbonyl (C=O) groups is 2. The SMILES string of the molecule is O=C(CN1CCCCC1=O)c1ccc(Cl)s1. The van der Waals surface area contributed by atoms with Crippen LogP contribution in [0.15, 0.2) is 12.1 Å². The molecule has 3 nitrogen and oxygen atoms in total. The number of nitrogens with zero attached hydrogens (tertiary/aromatic N) is 1. The maximum Gasteiger partial charge on any atom is 0.222 e. The number of piperidine rings is 1. The third-order valence-electron chi connectivity index (χ3n) is 2.60. The van der Waals surface area contributed by atoms with Crippen molar-refractivity contribution in [3.05, 3.63) is 21.3 Å². The van der Waals surface area contributed by atoms with Gasteiger partial charge in [0.1, 0.15) is 0 Å². The van der Waals surface area contributed by atoms with Crippen molar-refractivity contribution >= 4 is 34.6 Å². The van der Waals surface area contributed by atoms with Gasteiger partial charge in [-0.25, -0.2) is 0 Å². The highest BCUT2D eigenvalue weighted by Gasteiger charge is 2.21. The lowest BCUT2D eigenvalue weighted by molar-refractivity contribution is -0.132. The molecule has 86 valence electrons. The smallest absolute Gasteiger partial charge is 0.222 e. The normalized spacial score (nSPS) is 16.6. The highest BCUT2D eigenvalue weighted by atomic mass is 35.5. The van der Waals surface area contributed by atoms with E-state index in [1.54, 1.807) is 17.0 Å². The number of Topliss-reactive ketones (excluding diaryl/α,β-unsaturated/α-hetero) is 1. The Bertz CT molecular complexity index is 416. The first-order chi connectivity index (χ1) is 7.66. The molecule has 1 aromatic rings. The Morgan fingerprint density at radius 1 is 1.44 bits per heavy atom. The van der Waals surface area contributed by atoms with E-state index in [0.29, 0.717) is 22.2 Å². The molecule has 5 heteroatoms. The predicted octanol–water partition coefficient (Wildman–Crippen LogP) is 2.60. The summed E-state index contributed by atoms with van der Waals surface area (Å²) in [6, 6.07) is 3.42. The summed E-state index contributed by atoms with van der Waals surface area (Å²) in [5.41, 5.74) is 0. The lowest BCUT2D eigenvalue weighted by Crippen LogP contribution is -2.38. The number of likely N-dealkylation sites (tertiary alicyclic amines) is 1. The molecule has 0 saturated carbocycles. The van der Waals surface area contributed by atoms with Crippen LogP contribution in [-0.2, 0) is 4.79 Å². The summed E-state index contributed by atoms with van der Waals surface area (Å²) < 4.78 is 0.605. The number of thiophene rings is 1. The maximum atomic E-state index is 11.8. The maximum absolute atomic E-state index is 11.8. The summed E-state index contributed by atoms with van der Waals surface area (Å²) >= 11 is 7.03. The van der Waals surface area contributed by atoms with Crippen LogP contribution < -0.4 is 0 Å². The second kappa shape index (κ2) is 4.97. The lowest BCUT2D eigenvalue weighted by Gasteiger charge is -2.25. The fourth-order valence-electron chi connectivity index (χ4n) is 1.74. The van der Waals surface area contributed by atoms with Gasteiger partial charge in [0.15, 0.2) is 5.78 Å². The summed E-state index contributed by atoms with van der Waals surface area (Å²) in [5.74, 6) is 0.0643. The minimum Gasteiger partial charge on any atom is -0.335 e. The molecule has 0 aliphatic carbocycles. The van der Waals surface area contributed by atoms with Crippen molar-refractivity contribution in [3.8, 4) is 0 Å². The Kier molecular flexibility index (Phi) is 3.61. The molecule has 2 heterocycles.